The molecule has 0 aromatic heterocycles. The molecule has 0 spiro atoms. The average Bonchev–Trinajstić information content (AvgIpc) is 2.66. The Morgan fingerprint density at radius 2 is 1.79 bits per heavy atom. The van der Waals surface area contributed by atoms with Crippen LogP contribution in [0, 0.1) is 11.7 Å². The lowest BCUT2D eigenvalue weighted by Gasteiger charge is -2.36. The third-order valence-corrected chi connectivity index (χ3v) is 6.52. The second-order valence-electron chi connectivity index (χ2n) is 8.03. The number of piperazine rings is 1. The SMILES string of the molecule is CC(C)(C)ONC(=O)[C@@H](CCO)CS(=O)(=O)N1CCN(c2ccc(F)cc2)CC1. The van der Waals surface area contributed by atoms with E-state index >= 15 is 0 Å². The van der Waals surface area contributed by atoms with E-state index in [-0.39, 0.29) is 31.9 Å². The molecule has 164 valence electrons. The van der Waals surface area contributed by atoms with Gasteiger partial charge in [0.1, 0.15) is 5.82 Å². The molecule has 1 aromatic rings. The maximum atomic E-state index is 13.1. The third-order valence-electron chi connectivity index (χ3n) is 4.54. The number of carbonyl (C=O) groups is 1. The lowest BCUT2D eigenvalue weighted by molar-refractivity contribution is -0.149. The van der Waals surface area contributed by atoms with Crippen LogP contribution < -0.4 is 10.4 Å². The molecule has 1 amide bonds. The molecule has 8 nitrogen and oxygen atoms in total. The number of hydrogen-bond acceptors (Lipinski definition) is 6. The molecule has 1 aromatic carbocycles. The molecule has 1 atom stereocenters. The number of sulfonamides is 1. The molecular weight excluding hydrogens is 401 g/mol. The fraction of sp³-hybridized carbons (Fsp3) is 0.632. The maximum absolute atomic E-state index is 13.1. The van der Waals surface area contributed by atoms with Crippen LogP contribution in [0.5, 0.6) is 0 Å². The van der Waals surface area contributed by atoms with E-state index in [2.05, 4.69) is 5.48 Å². The highest BCUT2D eigenvalue weighted by molar-refractivity contribution is 7.89. The minimum atomic E-state index is -3.70. The number of hydroxylamine groups is 1. The number of aliphatic hydroxyl groups is 1. The van der Waals surface area contributed by atoms with Gasteiger partial charge in [0, 0.05) is 38.5 Å². The van der Waals surface area contributed by atoms with E-state index in [1.165, 1.54) is 16.4 Å². The van der Waals surface area contributed by atoms with E-state index in [1.54, 1.807) is 32.9 Å². The number of benzene rings is 1. The Kier molecular flexibility index (Phi) is 7.98. The zero-order valence-corrected chi connectivity index (χ0v) is 17.9. The zero-order chi connectivity index (χ0) is 21.7. The monoisotopic (exact) mass is 431 g/mol. The molecule has 1 saturated heterocycles. The molecule has 1 heterocycles. The lowest BCUT2D eigenvalue weighted by atomic mass is 10.1. The molecule has 2 rings (SSSR count). The molecule has 0 radical (unpaired) electrons. The number of nitrogens with zero attached hydrogens (tertiary/aromatic N) is 2. The van der Waals surface area contributed by atoms with Crippen molar-refractivity contribution in [3.05, 3.63) is 30.1 Å². The van der Waals surface area contributed by atoms with Crippen molar-refractivity contribution in [1.29, 1.82) is 0 Å². The molecule has 29 heavy (non-hydrogen) atoms. The summed E-state index contributed by atoms with van der Waals surface area (Å²) in [6, 6.07) is 6.07. The van der Waals surface area contributed by atoms with E-state index in [1.807, 2.05) is 4.90 Å². The summed E-state index contributed by atoms with van der Waals surface area (Å²) in [5.41, 5.74) is 2.51. The van der Waals surface area contributed by atoms with Crippen LogP contribution >= 0.6 is 0 Å². The van der Waals surface area contributed by atoms with Crippen LogP contribution in [0.2, 0.25) is 0 Å². The van der Waals surface area contributed by atoms with Gasteiger partial charge in [-0.1, -0.05) is 0 Å². The summed E-state index contributed by atoms with van der Waals surface area (Å²) in [7, 11) is -3.70. The van der Waals surface area contributed by atoms with Gasteiger partial charge < -0.3 is 10.0 Å². The Balaban J connectivity index is 1.96. The van der Waals surface area contributed by atoms with Gasteiger partial charge in [-0.05, 0) is 51.5 Å². The van der Waals surface area contributed by atoms with Crippen LogP contribution in [-0.2, 0) is 19.7 Å². The van der Waals surface area contributed by atoms with Crippen molar-refractivity contribution in [1.82, 2.24) is 9.79 Å². The molecule has 0 saturated carbocycles. The van der Waals surface area contributed by atoms with Crippen LogP contribution in [0.4, 0.5) is 10.1 Å². The van der Waals surface area contributed by atoms with Gasteiger partial charge in [0.25, 0.3) is 0 Å². The Labute approximate surface area is 171 Å². The van der Waals surface area contributed by atoms with Gasteiger partial charge in [0.15, 0.2) is 0 Å². The molecule has 10 heteroatoms. The summed E-state index contributed by atoms with van der Waals surface area (Å²) in [4.78, 5) is 19.5. The van der Waals surface area contributed by atoms with Gasteiger partial charge in [-0.2, -0.15) is 4.31 Å². The van der Waals surface area contributed by atoms with Crippen molar-refractivity contribution in [3.63, 3.8) is 0 Å². The Morgan fingerprint density at radius 1 is 1.21 bits per heavy atom. The number of carbonyl (C=O) groups excluding carboxylic acids is 1. The molecule has 1 aliphatic rings. The lowest BCUT2D eigenvalue weighted by Crippen LogP contribution is -2.50. The van der Waals surface area contributed by atoms with Crippen molar-refractivity contribution in [2.75, 3.05) is 43.4 Å². The maximum Gasteiger partial charge on any atom is 0.247 e. The van der Waals surface area contributed by atoms with Crippen molar-refractivity contribution >= 4 is 21.6 Å². The van der Waals surface area contributed by atoms with Crippen molar-refractivity contribution in [3.8, 4) is 0 Å². The van der Waals surface area contributed by atoms with Crippen molar-refractivity contribution in [2.24, 2.45) is 5.92 Å². The van der Waals surface area contributed by atoms with E-state index in [9.17, 15) is 22.7 Å². The number of amides is 1. The summed E-state index contributed by atoms with van der Waals surface area (Å²) in [5, 5.41) is 9.24. The summed E-state index contributed by atoms with van der Waals surface area (Å²) >= 11 is 0. The van der Waals surface area contributed by atoms with Gasteiger partial charge >= 0.3 is 0 Å². The second kappa shape index (κ2) is 9.84. The third kappa shape index (κ3) is 7.22. The first-order valence-electron chi connectivity index (χ1n) is 9.59. The minimum Gasteiger partial charge on any atom is -0.396 e. The van der Waals surface area contributed by atoms with Crippen LogP contribution in [0.25, 0.3) is 0 Å². The topological polar surface area (TPSA) is 99.2 Å². The minimum absolute atomic E-state index is 0.0219. The van der Waals surface area contributed by atoms with Gasteiger partial charge in [0.05, 0.1) is 17.3 Å². The van der Waals surface area contributed by atoms with Crippen molar-refractivity contribution in [2.45, 2.75) is 32.8 Å². The van der Waals surface area contributed by atoms with Crippen LogP contribution in [0.3, 0.4) is 0 Å². The van der Waals surface area contributed by atoms with E-state index in [4.69, 9.17) is 4.84 Å². The fourth-order valence-electron chi connectivity index (χ4n) is 2.97. The van der Waals surface area contributed by atoms with Gasteiger partial charge in [-0.25, -0.2) is 18.3 Å². The highest BCUT2D eigenvalue weighted by Crippen LogP contribution is 2.20. The number of anilines is 1. The van der Waals surface area contributed by atoms with E-state index in [0.717, 1.165) is 5.69 Å². The first-order chi connectivity index (χ1) is 13.5. The van der Waals surface area contributed by atoms with Crippen LogP contribution in [-0.4, -0.2) is 67.9 Å². The largest absolute Gasteiger partial charge is 0.396 e. The van der Waals surface area contributed by atoms with Gasteiger partial charge in [-0.15, -0.1) is 0 Å². The van der Waals surface area contributed by atoms with E-state index in [0.29, 0.717) is 13.1 Å². The molecule has 1 aliphatic heterocycles. The first-order valence-corrected chi connectivity index (χ1v) is 11.2. The van der Waals surface area contributed by atoms with Gasteiger partial charge in [0.2, 0.25) is 15.9 Å². The molecule has 0 bridgehead atoms. The number of halogens is 1. The van der Waals surface area contributed by atoms with E-state index < -0.39 is 33.2 Å². The van der Waals surface area contributed by atoms with Crippen LogP contribution in [0.1, 0.15) is 27.2 Å². The molecule has 2 N–H and O–H groups in total. The number of nitrogens with one attached hydrogen (secondary N) is 1. The summed E-state index contributed by atoms with van der Waals surface area (Å²) in [5.74, 6) is -2.20. The molecular formula is C19H30FN3O5S. The van der Waals surface area contributed by atoms with Crippen molar-refractivity contribution < 1.29 is 27.5 Å². The Bertz CT molecular complexity index is 772. The average molecular weight is 432 g/mol. The summed E-state index contributed by atoms with van der Waals surface area (Å²) in [6.45, 7) is 6.44. The zero-order valence-electron chi connectivity index (χ0n) is 17.1. The summed E-state index contributed by atoms with van der Waals surface area (Å²) < 4.78 is 40.1. The smallest absolute Gasteiger partial charge is 0.247 e. The second-order valence-corrected chi connectivity index (χ2v) is 10.0. The predicted molar refractivity (Wildman–Crippen MR) is 108 cm³/mol. The quantitative estimate of drug-likeness (QED) is 0.599. The molecule has 1 fully saturated rings. The highest BCUT2D eigenvalue weighted by atomic mass is 32.2. The number of rotatable bonds is 8. The van der Waals surface area contributed by atoms with Gasteiger partial charge in [-0.3, -0.25) is 9.63 Å². The normalized spacial score (nSPS) is 17.2. The standard InChI is InChI=1S/C19H30FN3O5S/c1-19(2,3)28-21-18(25)15(8-13-24)14-29(26,27)23-11-9-22(10-12-23)17-6-4-16(20)5-7-17/h4-7,15,24H,8-14H2,1-3H3,(H,21,25)/t15-/m0/s1. The fourth-order valence-corrected chi connectivity index (χ4v) is 4.73. The Hall–Kier alpha value is -1.75. The summed E-state index contributed by atoms with van der Waals surface area (Å²) in [6.07, 6.45) is 0.0219. The molecule has 0 unspecified atom stereocenters. The number of aliphatic hydroxyl groups excluding tert-OH is 1. The highest BCUT2D eigenvalue weighted by Gasteiger charge is 2.32. The Morgan fingerprint density at radius 3 is 2.31 bits per heavy atom. The first kappa shape index (κ1) is 23.5. The van der Waals surface area contributed by atoms with Crippen LogP contribution in [0.15, 0.2) is 24.3 Å². The molecule has 0 aliphatic carbocycles. The number of hydrogen-bond donors (Lipinski definition) is 2. The predicted octanol–water partition coefficient (Wildman–Crippen LogP) is 1.12.